The maximum atomic E-state index is 5.90. The van der Waals surface area contributed by atoms with Crippen molar-refractivity contribution in [2.45, 2.75) is 26.3 Å². The maximum Gasteiger partial charge on any atom is 0.219 e. The Morgan fingerprint density at radius 1 is 1.23 bits per heavy atom. The number of nitrogens with one attached hydrogen (secondary N) is 1. The minimum atomic E-state index is 0.315. The minimum Gasteiger partial charge on any atom is -0.490 e. The monoisotopic (exact) mass is 410 g/mol. The Hall–Kier alpha value is -2.80. The van der Waals surface area contributed by atoms with E-state index in [2.05, 4.69) is 20.2 Å². The summed E-state index contributed by atoms with van der Waals surface area (Å²) < 4.78 is 17.1. The van der Waals surface area contributed by atoms with Crippen LogP contribution >= 0.6 is 0 Å². The van der Waals surface area contributed by atoms with Crippen molar-refractivity contribution in [3.8, 4) is 17.4 Å². The van der Waals surface area contributed by atoms with Crippen molar-refractivity contribution in [1.29, 1.82) is 0 Å². The Morgan fingerprint density at radius 2 is 2.10 bits per heavy atom. The first kappa shape index (κ1) is 20.5. The average Bonchev–Trinajstić information content (AvgIpc) is 3.41. The van der Waals surface area contributed by atoms with Gasteiger partial charge in [-0.15, -0.1) is 0 Å². The second-order valence-corrected chi connectivity index (χ2v) is 7.86. The van der Waals surface area contributed by atoms with Crippen molar-refractivity contribution < 1.29 is 14.2 Å². The molecule has 1 N–H and O–H groups in total. The highest BCUT2D eigenvalue weighted by Crippen LogP contribution is 2.38. The number of likely N-dealkylation sites (tertiary alicyclic amines) is 1. The van der Waals surface area contributed by atoms with Crippen LogP contribution in [-0.4, -0.2) is 55.8 Å². The van der Waals surface area contributed by atoms with Gasteiger partial charge in [0.05, 0.1) is 13.2 Å². The van der Waals surface area contributed by atoms with Crippen molar-refractivity contribution in [2.24, 2.45) is 10.4 Å². The number of aliphatic imine (C=N–C) groups is 1. The normalized spacial score (nSPS) is 21.3. The summed E-state index contributed by atoms with van der Waals surface area (Å²) in [5.41, 5.74) is 1.38. The van der Waals surface area contributed by atoms with Gasteiger partial charge in [-0.2, -0.15) is 0 Å². The van der Waals surface area contributed by atoms with E-state index in [1.54, 1.807) is 0 Å². The van der Waals surface area contributed by atoms with Crippen molar-refractivity contribution in [3.05, 3.63) is 48.2 Å². The second kappa shape index (κ2) is 9.34. The number of nitrogens with zero attached hydrogens (tertiary/aromatic N) is 3. The van der Waals surface area contributed by atoms with E-state index in [-0.39, 0.29) is 0 Å². The minimum absolute atomic E-state index is 0.315. The number of para-hydroxylation sites is 2. The van der Waals surface area contributed by atoms with E-state index in [1.807, 2.05) is 56.6 Å². The molecule has 2 aliphatic heterocycles. The number of rotatable bonds is 6. The molecule has 1 aromatic carbocycles. The fourth-order valence-electron chi connectivity index (χ4n) is 4.10. The number of pyridine rings is 1. The number of hydrogen-bond donors (Lipinski definition) is 1. The quantitative estimate of drug-likeness (QED) is 0.581. The molecule has 4 rings (SSSR count). The van der Waals surface area contributed by atoms with E-state index >= 15 is 0 Å². The standard InChI is InChI=1S/C23H30N4O3/c1-3-29-19-6-4-5-7-20(19)30-21-9-8-18(14-25-21)15-26-22(24-2)27-12-10-23(16-27)11-13-28-17-23/h4-9,14H,3,10-13,15-17H2,1-2H3,(H,24,26). The van der Waals surface area contributed by atoms with Gasteiger partial charge in [0.1, 0.15) is 0 Å². The van der Waals surface area contributed by atoms with Gasteiger partial charge in [0.2, 0.25) is 5.88 Å². The Morgan fingerprint density at radius 3 is 2.80 bits per heavy atom. The third-order valence-electron chi connectivity index (χ3n) is 5.75. The molecular weight excluding hydrogens is 380 g/mol. The van der Waals surface area contributed by atoms with Crippen molar-refractivity contribution in [1.82, 2.24) is 15.2 Å². The summed E-state index contributed by atoms with van der Waals surface area (Å²) in [6.07, 6.45) is 4.15. The molecular formula is C23H30N4O3. The number of hydrogen-bond acceptors (Lipinski definition) is 5. The third-order valence-corrected chi connectivity index (χ3v) is 5.75. The predicted molar refractivity (Wildman–Crippen MR) is 116 cm³/mol. The smallest absolute Gasteiger partial charge is 0.219 e. The van der Waals surface area contributed by atoms with Crippen molar-refractivity contribution in [2.75, 3.05) is 40.0 Å². The molecule has 2 aromatic rings. The van der Waals surface area contributed by atoms with E-state index in [0.29, 0.717) is 35.9 Å². The van der Waals surface area contributed by atoms with Crippen LogP contribution in [-0.2, 0) is 11.3 Å². The van der Waals surface area contributed by atoms with Crippen LogP contribution in [0.15, 0.2) is 47.6 Å². The molecule has 3 heterocycles. The molecule has 7 heteroatoms. The van der Waals surface area contributed by atoms with Crippen LogP contribution in [0.3, 0.4) is 0 Å². The zero-order valence-corrected chi connectivity index (χ0v) is 17.8. The molecule has 0 amide bonds. The van der Waals surface area contributed by atoms with Gasteiger partial charge in [-0.25, -0.2) is 4.98 Å². The summed E-state index contributed by atoms with van der Waals surface area (Å²) in [5, 5.41) is 3.46. The molecule has 1 unspecified atom stereocenters. The molecule has 2 aliphatic rings. The molecule has 7 nitrogen and oxygen atoms in total. The number of benzene rings is 1. The Balaban J connectivity index is 1.32. The molecule has 0 saturated carbocycles. The third kappa shape index (κ3) is 4.67. The van der Waals surface area contributed by atoms with Gasteiger partial charge in [0.15, 0.2) is 17.5 Å². The first-order chi connectivity index (χ1) is 14.7. The van der Waals surface area contributed by atoms with E-state index in [9.17, 15) is 0 Å². The zero-order valence-electron chi connectivity index (χ0n) is 17.8. The summed E-state index contributed by atoms with van der Waals surface area (Å²) in [7, 11) is 1.84. The van der Waals surface area contributed by atoms with E-state index in [1.165, 1.54) is 6.42 Å². The summed E-state index contributed by atoms with van der Waals surface area (Å²) in [6.45, 7) is 6.99. The lowest BCUT2D eigenvalue weighted by Gasteiger charge is -2.25. The van der Waals surface area contributed by atoms with Crippen molar-refractivity contribution in [3.63, 3.8) is 0 Å². The van der Waals surface area contributed by atoms with Gasteiger partial charge in [0, 0.05) is 51.0 Å². The topological polar surface area (TPSA) is 68.2 Å². The highest BCUT2D eigenvalue weighted by atomic mass is 16.5. The van der Waals surface area contributed by atoms with Crippen molar-refractivity contribution >= 4 is 5.96 Å². The van der Waals surface area contributed by atoms with E-state index in [0.717, 1.165) is 44.2 Å². The van der Waals surface area contributed by atoms with Gasteiger partial charge in [-0.1, -0.05) is 18.2 Å². The number of ether oxygens (including phenoxy) is 3. The number of guanidine groups is 1. The van der Waals surface area contributed by atoms with Gasteiger partial charge in [0.25, 0.3) is 0 Å². The molecule has 0 radical (unpaired) electrons. The van der Waals surface area contributed by atoms with Crippen LogP contribution < -0.4 is 14.8 Å². The highest BCUT2D eigenvalue weighted by molar-refractivity contribution is 5.80. The molecule has 30 heavy (non-hydrogen) atoms. The first-order valence-electron chi connectivity index (χ1n) is 10.6. The Labute approximate surface area is 178 Å². The maximum absolute atomic E-state index is 5.90. The molecule has 1 spiro atoms. The van der Waals surface area contributed by atoms with Gasteiger partial charge >= 0.3 is 0 Å². The summed E-state index contributed by atoms with van der Waals surface area (Å²) in [5.74, 6) is 2.85. The molecule has 0 aliphatic carbocycles. The average molecular weight is 411 g/mol. The van der Waals surface area contributed by atoms with Crippen LogP contribution in [0.2, 0.25) is 0 Å². The fraction of sp³-hybridized carbons (Fsp3) is 0.478. The lowest BCUT2D eigenvalue weighted by Crippen LogP contribution is -2.41. The van der Waals surface area contributed by atoms with Gasteiger partial charge < -0.3 is 24.4 Å². The largest absolute Gasteiger partial charge is 0.490 e. The molecule has 1 aromatic heterocycles. The Kier molecular flexibility index (Phi) is 6.38. The fourth-order valence-corrected chi connectivity index (χ4v) is 4.10. The Bertz CT molecular complexity index is 863. The van der Waals surface area contributed by atoms with Crippen LogP contribution in [0.1, 0.15) is 25.3 Å². The zero-order chi connectivity index (χ0) is 20.8. The molecule has 160 valence electrons. The van der Waals surface area contributed by atoms with Crippen LogP contribution in [0.25, 0.3) is 0 Å². The summed E-state index contributed by atoms with van der Waals surface area (Å²) in [4.78, 5) is 11.3. The second-order valence-electron chi connectivity index (χ2n) is 7.86. The molecule has 2 fully saturated rings. The lowest BCUT2D eigenvalue weighted by molar-refractivity contribution is 0.156. The predicted octanol–water partition coefficient (Wildman–Crippen LogP) is 3.46. The first-order valence-corrected chi connectivity index (χ1v) is 10.6. The SMILES string of the molecule is CCOc1ccccc1Oc1ccc(CNC(=NC)N2CCC3(CCOC3)C2)cn1. The van der Waals surface area contributed by atoms with Crippen LogP contribution in [0.4, 0.5) is 0 Å². The molecule has 2 saturated heterocycles. The van der Waals surface area contributed by atoms with E-state index < -0.39 is 0 Å². The molecule has 0 bridgehead atoms. The summed E-state index contributed by atoms with van der Waals surface area (Å²) in [6, 6.07) is 11.5. The van der Waals surface area contributed by atoms with E-state index in [4.69, 9.17) is 14.2 Å². The molecule has 1 atom stereocenters. The number of aromatic nitrogens is 1. The van der Waals surface area contributed by atoms with Gasteiger partial charge in [-0.05, 0) is 37.5 Å². The lowest BCUT2D eigenvalue weighted by atomic mass is 9.87. The summed E-state index contributed by atoms with van der Waals surface area (Å²) >= 11 is 0. The van der Waals surface area contributed by atoms with Gasteiger partial charge in [-0.3, -0.25) is 4.99 Å². The highest BCUT2D eigenvalue weighted by Gasteiger charge is 2.42. The van der Waals surface area contributed by atoms with Crippen LogP contribution in [0.5, 0.6) is 17.4 Å². The van der Waals surface area contributed by atoms with Crippen LogP contribution in [0, 0.1) is 5.41 Å².